The maximum atomic E-state index is 11.1. The highest BCUT2D eigenvalue weighted by molar-refractivity contribution is 7.85. The maximum absolute atomic E-state index is 11.1. The number of carbonyl (C=O) groups excluding carboxylic acids is 1. The van der Waals surface area contributed by atoms with Crippen molar-refractivity contribution >= 4 is 16.8 Å². The second-order valence-corrected chi connectivity index (χ2v) is 4.40. The minimum Gasteiger partial charge on any atom is -0.462 e. The molecule has 0 saturated carbocycles. The molecule has 0 aromatic heterocycles. The molecule has 0 spiro atoms. The molecule has 0 rings (SSSR count). The van der Waals surface area contributed by atoms with Crippen molar-refractivity contribution in [3.05, 3.63) is 0 Å². The molecule has 0 aliphatic carbocycles. The summed E-state index contributed by atoms with van der Waals surface area (Å²) in [5, 5.41) is 0. The Morgan fingerprint density at radius 1 is 1.46 bits per heavy atom. The predicted molar refractivity (Wildman–Crippen MR) is 51.0 cm³/mol. The van der Waals surface area contributed by atoms with E-state index in [1.54, 1.807) is 13.8 Å². The van der Waals surface area contributed by atoms with Gasteiger partial charge in [0.2, 0.25) is 0 Å². The molecule has 1 atom stereocenters. The van der Waals surface area contributed by atoms with E-state index in [1.165, 1.54) is 7.11 Å². The van der Waals surface area contributed by atoms with Crippen LogP contribution in [0.3, 0.4) is 0 Å². The molecule has 0 aromatic carbocycles. The molecule has 0 aromatic rings. The van der Waals surface area contributed by atoms with Crippen LogP contribution in [0.2, 0.25) is 0 Å². The molecule has 0 radical (unpaired) electrons. The van der Waals surface area contributed by atoms with Crippen molar-refractivity contribution in [1.29, 1.82) is 0 Å². The fraction of sp³-hybridized carbons (Fsp3) is 0.875. The summed E-state index contributed by atoms with van der Waals surface area (Å²) in [5.41, 5.74) is 0. The number of ether oxygens (including phenoxy) is 2. The lowest BCUT2D eigenvalue weighted by atomic mass is 10.5. The van der Waals surface area contributed by atoms with Gasteiger partial charge in [-0.15, -0.1) is 0 Å². The van der Waals surface area contributed by atoms with Crippen LogP contribution in [-0.2, 0) is 25.1 Å². The van der Waals surface area contributed by atoms with Crippen LogP contribution in [0.5, 0.6) is 0 Å². The van der Waals surface area contributed by atoms with Gasteiger partial charge in [0.15, 0.2) is 0 Å². The number of hydrogen-bond acceptors (Lipinski definition) is 4. The molecule has 0 saturated heterocycles. The largest absolute Gasteiger partial charge is 0.462 e. The van der Waals surface area contributed by atoms with Gasteiger partial charge in [-0.05, 0) is 13.8 Å². The second kappa shape index (κ2) is 7.03. The number of hydrogen-bond donors (Lipinski definition) is 0. The van der Waals surface area contributed by atoms with Crippen LogP contribution in [-0.4, -0.2) is 41.5 Å². The Morgan fingerprint density at radius 2 is 2.08 bits per heavy atom. The predicted octanol–water partition coefficient (Wildman–Crippen LogP) is 0.333. The fourth-order valence-corrected chi connectivity index (χ4v) is 1.50. The number of methoxy groups -OCH3 is 1. The van der Waals surface area contributed by atoms with Gasteiger partial charge in [0.25, 0.3) is 0 Å². The topological polar surface area (TPSA) is 52.6 Å². The van der Waals surface area contributed by atoms with E-state index in [1.807, 2.05) is 0 Å². The Morgan fingerprint density at radius 3 is 2.54 bits per heavy atom. The highest BCUT2D eigenvalue weighted by atomic mass is 32.2. The highest BCUT2D eigenvalue weighted by Gasteiger charge is 2.10. The first-order chi connectivity index (χ1) is 6.06. The SMILES string of the molecule is COCCS(=O)CC(=O)OC(C)C. The van der Waals surface area contributed by atoms with Gasteiger partial charge >= 0.3 is 5.97 Å². The van der Waals surface area contributed by atoms with Crippen LogP contribution in [0, 0.1) is 0 Å². The van der Waals surface area contributed by atoms with Crippen LogP contribution in [0.15, 0.2) is 0 Å². The van der Waals surface area contributed by atoms with Crippen molar-refractivity contribution < 1.29 is 18.5 Å². The lowest BCUT2D eigenvalue weighted by Gasteiger charge is -2.07. The van der Waals surface area contributed by atoms with E-state index in [2.05, 4.69) is 0 Å². The quantitative estimate of drug-likeness (QED) is 0.590. The normalized spacial score (nSPS) is 12.9. The zero-order chi connectivity index (χ0) is 10.3. The fourth-order valence-electron chi connectivity index (χ4n) is 0.677. The molecule has 5 heteroatoms. The molecule has 0 aliphatic heterocycles. The lowest BCUT2D eigenvalue weighted by molar-refractivity contribution is -0.144. The highest BCUT2D eigenvalue weighted by Crippen LogP contribution is 1.92. The number of rotatable bonds is 6. The molecular weight excluding hydrogens is 192 g/mol. The van der Waals surface area contributed by atoms with Crippen LogP contribution in [0.4, 0.5) is 0 Å². The zero-order valence-electron chi connectivity index (χ0n) is 8.24. The summed E-state index contributed by atoms with van der Waals surface area (Å²) in [6.45, 7) is 3.92. The van der Waals surface area contributed by atoms with Crippen molar-refractivity contribution in [2.24, 2.45) is 0 Å². The van der Waals surface area contributed by atoms with Crippen LogP contribution >= 0.6 is 0 Å². The second-order valence-electron chi connectivity index (χ2n) is 2.82. The van der Waals surface area contributed by atoms with Crippen LogP contribution in [0.1, 0.15) is 13.8 Å². The van der Waals surface area contributed by atoms with Gasteiger partial charge in [0.05, 0.1) is 12.7 Å². The molecule has 0 bridgehead atoms. The number of esters is 1. The Bertz CT molecular complexity index is 179. The summed E-state index contributed by atoms with van der Waals surface area (Å²) < 4.78 is 20.7. The zero-order valence-corrected chi connectivity index (χ0v) is 9.06. The summed E-state index contributed by atoms with van der Waals surface area (Å²) >= 11 is 0. The van der Waals surface area contributed by atoms with E-state index in [-0.39, 0.29) is 11.9 Å². The average Bonchev–Trinajstić information content (AvgIpc) is 1.98. The molecule has 0 N–H and O–H groups in total. The van der Waals surface area contributed by atoms with Gasteiger partial charge in [-0.3, -0.25) is 9.00 Å². The molecule has 0 fully saturated rings. The standard InChI is InChI=1S/C8H16O4S/c1-7(2)12-8(9)6-13(10)5-4-11-3/h7H,4-6H2,1-3H3. The maximum Gasteiger partial charge on any atom is 0.318 e. The molecular formula is C8H16O4S. The van der Waals surface area contributed by atoms with Gasteiger partial charge in [-0.2, -0.15) is 0 Å². The summed E-state index contributed by atoms with van der Waals surface area (Å²) in [6.07, 6.45) is -0.146. The van der Waals surface area contributed by atoms with Crippen LogP contribution in [0.25, 0.3) is 0 Å². The minimum atomic E-state index is -1.17. The first-order valence-corrected chi connectivity index (χ1v) is 5.58. The van der Waals surface area contributed by atoms with Crippen molar-refractivity contribution in [2.45, 2.75) is 20.0 Å². The van der Waals surface area contributed by atoms with Crippen molar-refractivity contribution in [3.63, 3.8) is 0 Å². The third-order valence-electron chi connectivity index (χ3n) is 1.16. The molecule has 4 nitrogen and oxygen atoms in total. The average molecular weight is 208 g/mol. The van der Waals surface area contributed by atoms with E-state index in [0.29, 0.717) is 12.4 Å². The van der Waals surface area contributed by atoms with E-state index < -0.39 is 16.8 Å². The molecule has 0 amide bonds. The van der Waals surface area contributed by atoms with Crippen molar-refractivity contribution in [1.82, 2.24) is 0 Å². The minimum absolute atomic E-state index is 0.0401. The summed E-state index contributed by atoms with van der Waals surface area (Å²) in [4.78, 5) is 11.0. The monoisotopic (exact) mass is 208 g/mol. The van der Waals surface area contributed by atoms with Gasteiger partial charge in [0, 0.05) is 23.7 Å². The van der Waals surface area contributed by atoms with E-state index in [9.17, 15) is 9.00 Å². The summed E-state index contributed by atoms with van der Waals surface area (Å²) in [7, 11) is 0.365. The van der Waals surface area contributed by atoms with Crippen molar-refractivity contribution in [2.75, 3.05) is 25.2 Å². The first kappa shape index (κ1) is 12.6. The van der Waals surface area contributed by atoms with Gasteiger partial charge < -0.3 is 9.47 Å². The third kappa shape index (κ3) is 7.93. The molecule has 13 heavy (non-hydrogen) atoms. The van der Waals surface area contributed by atoms with E-state index in [4.69, 9.17) is 9.47 Å². The Kier molecular flexibility index (Phi) is 6.80. The lowest BCUT2D eigenvalue weighted by Crippen LogP contribution is -2.20. The van der Waals surface area contributed by atoms with Gasteiger partial charge in [-0.1, -0.05) is 0 Å². The molecule has 1 unspecified atom stereocenters. The van der Waals surface area contributed by atoms with Gasteiger partial charge in [0.1, 0.15) is 5.75 Å². The third-order valence-corrected chi connectivity index (χ3v) is 2.34. The molecule has 0 aliphatic rings. The summed E-state index contributed by atoms with van der Waals surface area (Å²) in [5.74, 6) is -0.0740. The molecule has 0 heterocycles. The van der Waals surface area contributed by atoms with Crippen LogP contribution < -0.4 is 0 Å². The Balaban J connectivity index is 3.59. The Labute approximate surface area is 81.1 Å². The van der Waals surface area contributed by atoms with E-state index >= 15 is 0 Å². The smallest absolute Gasteiger partial charge is 0.318 e. The van der Waals surface area contributed by atoms with E-state index in [0.717, 1.165) is 0 Å². The molecule has 78 valence electrons. The Hall–Kier alpha value is -0.420. The van der Waals surface area contributed by atoms with Crippen molar-refractivity contribution in [3.8, 4) is 0 Å². The summed E-state index contributed by atoms with van der Waals surface area (Å²) in [6, 6.07) is 0. The first-order valence-electron chi connectivity index (χ1n) is 4.09. The van der Waals surface area contributed by atoms with Gasteiger partial charge in [-0.25, -0.2) is 0 Å². The number of carbonyl (C=O) groups is 1.